The highest BCUT2D eigenvalue weighted by molar-refractivity contribution is 5.99. The average Bonchev–Trinajstić information content (AvgIpc) is 3.12. The van der Waals surface area contributed by atoms with Crippen LogP contribution in [0, 0.1) is 0 Å². The molecule has 1 aliphatic heterocycles. The maximum absolute atomic E-state index is 11.9. The highest BCUT2D eigenvalue weighted by Crippen LogP contribution is 2.14. The normalized spacial score (nSPS) is 14.5. The first-order valence-corrected chi connectivity index (χ1v) is 7.49. The Hall–Kier alpha value is -2.57. The Balaban J connectivity index is 1.86. The van der Waals surface area contributed by atoms with Gasteiger partial charge in [-0.05, 0) is 49.6 Å². The Morgan fingerprint density at radius 3 is 2.48 bits per heavy atom. The number of nitrogens with zero attached hydrogens (tertiary/aromatic N) is 2. The fourth-order valence-electron chi connectivity index (χ4n) is 2.23. The van der Waals surface area contributed by atoms with Crippen LogP contribution in [0.25, 0.3) is 0 Å². The molecule has 1 heterocycles. The van der Waals surface area contributed by atoms with Crippen molar-refractivity contribution in [1.29, 1.82) is 0 Å². The molecule has 0 radical (unpaired) electrons. The van der Waals surface area contributed by atoms with Crippen LogP contribution < -0.4 is 10.2 Å². The minimum Gasteiger partial charge on any atom is -0.484 e. The molecule has 2 amide bonds. The number of nitrogens with one attached hydrogen (secondary N) is 1. The van der Waals surface area contributed by atoms with Gasteiger partial charge in [-0.2, -0.15) is 5.10 Å². The van der Waals surface area contributed by atoms with E-state index in [0.717, 1.165) is 31.5 Å². The predicted octanol–water partition coefficient (Wildman–Crippen LogP) is 1.77. The number of hydrogen-bond donors (Lipinski definition) is 1. The molecule has 0 spiro atoms. The Bertz CT molecular complexity index is 577. The smallest absolute Gasteiger partial charge is 0.427 e. The number of carbonyl (C=O) groups excluding carboxylic acids is 2. The number of rotatable bonds is 5. The van der Waals surface area contributed by atoms with Crippen molar-refractivity contribution in [2.45, 2.75) is 19.8 Å². The second-order valence-corrected chi connectivity index (χ2v) is 5.20. The van der Waals surface area contributed by atoms with Crippen molar-refractivity contribution in [2.75, 3.05) is 26.8 Å². The van der Waals surface area contributed by atoms with Crippen molar-refractivity contribution in [3.63, 3.8) is 0 Å². The first-order valence-electron chi connectivity index (χ1n) is 7.49. The zero-order chi connectivity index (χ0) is 16.7. The molecule has 1 fully saturated rings. The molecular weight excluding hydrogens is 298 g/mol. The number of ether oxygens (including phenoxy) is 2. The molecule has 1 saturated heterocycles. The van der Waals surface area contributed by atoms with Crippen LogP contribution >= 0.6 is 0 Å². The van der Waals surface area contributed by atoms with Gasteiger partial charge in [-0.3, -0.25) is 4.79 Å². The van der Waals surface area contributed by atoms with E-state index in [9.17, 15) is 9.59 Å². The zero-order valence-corrected chi connectivity index (χ0v) is 13.4. The van der Waals surface area contributed by atoms with Crippen LogP contribution in [0.2, 0.25) is 0 Å². The molecule has 2 rings (SSSR count). The van der Waals surface area contributed by atoms with E-state index in [1.165, 1.54) is 7.11 Å². The SMILES string of the molecule is COC(=O)N/N=C(/C)c1ccc(OCC(=O)N2CCCC2)cc1. The van der Waals surface area contributed by atoms with E-state index in [-0.39, 0.29) is 12.5 Å². The zero-order valence-electron chi connectivity index (χ0n) is 13.4. The van der Waals surface area contributed by atoms with Gasteiger partial charge in [-0.25, -0.2) is 10.2 Å². The summed E-state index contributed by atoms with van der Waals surface area (Å²) in [5.74, 6) is 0.640. The largest absolute Gasteiger partial charge is 0.484 e. The molecule has 7 nitrogen and oxygen atoms in total. The first-order chi connectivity index (χ1) is 11.1. The lowest BCUT2D eigenvalue weighted by Gasteiger charge is -2.15. The molecule has 1 aliphatic rings. The lowest BCUT2D eigenvalue weighted by atomic mass is 10.1. The summed E-state index contributed by atoms with van der Waals surface area (Å²) < 4.78 is 9.95. The highest BCUT2D eigenvalue weighted by atomic mass is 16.5. The highest BCUT2D eigenvalue weighted by Gasteiger charge is 2.18. The maximum Gasteiger partial charge on any atom is 0.427 e. The summed E-state index contributed by atoms with van der Waals surface area (Å²) in [4.78, 5) is 24.7. The quantitative estimate of drug-likeness (QED) is 0.662. The van der Waals surface area contributed by atoms with Gasteiger partial charge in [-0.1, -0.05) is 0 Å². The second kappa shape index (κ2) is 8.17. The molecule has 0 aliphatic carbocycles. The van der Waals surface area contributed by atoms with E-state index in [0.29, 0.717) is 11.5 Å². The molecule has 1 aromatic carbocycles. The van der Waals surface area contributed by atoms with E-state index in [2.05, 4.69) is 15.3 Å². The summed E-state index contributed by atoms with van der Waals surface area (Å²) in [6.45, 7) is 3.47. The second-order valence-electron chi connectivity index (χ2n) is 5.20. The fourth-order valence-corrected chi connectivity index (χ4v) is 2.23. The number of benzene rings is 1. The fraction of sp³-hybridized carbons (Fsp3) is 0.438. The standard InChI is InChI=1S/C16H21N3O4/c1-12(17-18-16(21)22-2)13-5-7-14(8-6-13)23-11-15(20)19-9-3-4-10-19/h5-8H,3-4,9-11H2,1-2H3,(H,18,21)/b17-12-. The van der Waals surface area contributed by atoms with Gasteiger partial charge in [0.05, 0.1) is 12.8 Å². The summed E-state index contributed by atoms with van der Waals surface area (Å²) in [6, 6.07) is 7.16. The van der Waals surface area contributed by atoms with Gasteiger partial charge in [0, 0.05) is 13.1 Å². The molecule has 0 bridgehead atoms. The van der Waals surface area contributed by atoms with Gasteiger partial charge in [0.2, 0.25) is 0 Å². The van der Waals surface area contributed by atoms with Crippen LogP contribution in [0.1, 0.15) is 25.3 Å². The van der Waals surface area contributed by atoms with Gasteiger partial charge >= 0.3 is 6.09 Å². The molecule has 1 N–H and O–H groups in total. The Morgan fingerprint density at radius 2 is 1.87 bits per heavy atom. The van der Waals surface area contributed by atoms with Crippen molar-refractivity contribution in [3.8, 4) is 5.75 Å². The third kappa shape index (κ3) is 4.98. The first kappa shape index (κ1) is 16.8. The van der Waals surface area contributed by atoms with Gasteiger partial charge < -0.3 is 14.4 Å². The maximum atomic E-state index is 11.9. The van der Waals surface area contributed by atoms with E-state index in [1.807, 2.05) is 17.0 Å². The third-order valence-electron chi connectivity index (χ3n) is 3.59. The molecule has 124 valence electrons. The van der Waals surface area contributed by atoms with Crippen LogP contribution in [0.15, 0.2) is 29.4 Å². The van der Waals surface area contributed by atoms with Crippen LogP contribution in [0.3, 0.4) is 0 Å². The van der Waals surface area contributed by atoms with Crippen molar-refractivity contribution >= 4 is 17.7 Å². The third-order valence-corrected chi connectivity index (χ3v) is 3.59. The van der Waals surface area contributed by atoms with Crippen LogP contribution in [-0.4, -0.2) is 49.4 Å². The molecular formula is C16H21N3O4. The molecule has 23 heavy (non-hydrogen) atoms. The van der Waals surface area contributed by atoms with Gasteiger partial charge in [-0.15, -0.1) is 0 Å². The minimum absolute atomic E-state index is 0.0200. The van der Waals surface area contributed by atoms with E-state index < -0.39 is 6.09 Å². The number of hydrazone groups is 1. The molecule has 1 aromatic rings. The summed E-state index contributed by atoms with van der Waals surface area (Å²) >= 11 is 0. The molecule has 0 saturated carbocycles. The predicted molar refractivity (Wildman–Crippen MR) is 85.5 cm³/mol. The van der Waals surface area contributed by atoms with Gasteiger partial charge in [0.1, 0.15) is 5.75 Å². The van der Waals surface area contributed by atoms with Crippen molar-refractivity contribution in [3.05, 3.63) is 29.8 Å². The average molecular weight is 319 g/mol. The Kier molecular flexibility index (Phi) is 5.96. The monoisotopic (exact) mass is 319 g/mol. The topological polar surface area (TPSA) is 80.2 Å². The lowest BCUT2D eigenvalue weighted by Crippen LogP contribution is -2.32. The summed E-state index contributed by atoms with van der Waals surface area (Å²) in [6.07, 6.45) is 1.52. The lowest BCUT2D eigenvalue weighted by molar-refractivity contribution is -0.132. The van der Waals surface area contributed by atoms with Crippen molar-refractivity contribution in [2.24, 2.45) is 5.10 Å². The van der Waals surface area contributed by atoms with E-state index in [1.54, 1.807) is 19.1 Å². The molecule has 7 heteroatoms. The number of likely N-dealkylation sites (tertiary alicyclic amines) is 1. The summed E-state index contributed by atoms with van der Waals surface area (Å²) in [5.41, 5.74) is 3.73. The number of hydrogen-bond acceptors (Lipinski definition) is 5. The van der Waals surface area contributed by atoms with Crippen LogP contribution in [0.5, 0.6) is 5.75 Å². The van der Waals surface area contributed by atoms with Gasteiger partial charge in [0.25, 0.3) is 5.91 Å². The minimum atomic E-state index is -0.621. The van der Waals surface area contributed by atoms with Crippen LogP contribution in [-0.2, 0) is 9.53 Å². The van der Waals surface area contributed by atoms with E-state index in [4.69, 9.17) is 4.74 Å². The molecule has 0 aromatic heterocycles. The summed E-state index contributed by atoms with van der Waals surface area (Å²) in [7, 11) is 1.27. The number of carbonyl (C=O) groups is 2. The van der Waals surface area contributed by atoms with E-state index >= 15 is 0 Å². The van der Waals surface area contributed by atoms with Gasteiger partial charge in [0.15, 0.2) is 6.61 Å². The Morgan fingerprint density at radius 1 is 1.22 bits per heavy atom. The number of amides is 2. The Labute approximate surface area is 135 Å². The molecule has 0 unspecified atom stereocenters. The van der Waals surface area contributed by atoms with Crippen molar-refractivity contribution in [1.82, 2.24) is 10.3 Å². The number of methoxy groups -OCH3 is 1. The summed E-state index contributed by atoms with van der Waals surface area (Å²) in [5, 5.41) is 3.91. The van der Waals surface area contributed by atoms with Crippen molar-refractivity contribution < 1.29 is 19.1 Å². The van der Waals surface area contributed by atoms with Crippen LogP contribution in [0.4, 0.5) is 4.79 Å². The molecule has 0 atom stereocenters.